The van der Waals surface area contributed by atoms with Crippen LogP contribution in [0.4, 0.5) is 10.5 Å². The van der Waals surface area contributed by atoms with Crippen molar-refractivity contribution in [2.75, 3.05) is 12.4 Å². The Morgan fingerprint density at radius 2 is 1.88 bits per heavy atom. The van der Waals surface area contributed by atoms with Gasteiger partial charge in [0, 0.05) is 25.7 Å². The van der Waals surface area contributed by atoms with E-state index in [-0.39, 0.29) is 36.4 Å². The van der Waals surface area contributed by atoms with Crippen molar-refractivity contribution >= 4 is 35.3 Å². The van der Waals surface area contributed by atoms with Gasteiger partial charge in [0.15, 0.2) is 0 Å². The number of hydrogen-bond acceptors (Lipinski definition) is 5. The van der Waals surface area contributed by atoms with Crippen molar-refractivity contribution in [2.24, 2.45) is 0 Å². The number of piperidine rings is 1. The van der Waals surface area contributed by atoms with Gasteiger partial charge in [0.1, 0.15) is 6.04 Å². The quantitative estimate of drug-likeness (QED) is 0.718. The molecule has 0 bridgehead atoms. The molecule has 2 aliphatic heterocycles. The number of urea groups is 1. The van der Waals surface area contributed by atoms with E-state index in [0.717, 1.165) is 10.5 Å². The second-order valence-corrected chi connectivity index (χ2v) is 7.90. The zero-order chi connectivity index (χ0) is 23.0. The highest BCUT2D eigenvalue weighted by molar-refractivity contribution is 6.15. The van der Waals surface area contributed by atoms with Crippen molar-refractivity contribution in [3.05, 3.63) is 64.7 Å². The van der Waals surface area contributed by atoms with Gasteiger partial charge in [-0.2, -0.15) is 0 Å². The summed E-state index contributed by atoms with van der Waals surface area (Å²) in [6, 6.07) is 10.6. The van der Waals surface area contributed by atoms with Crippen LogP contribution >= 0.6 is 0 Å². The van der Waals surface area contributed by atoms with Crippen molar-refractivity contribution in [2.45, 2.75) is 32.4 Å². The zero-order valence-corrected chi connectivity index (χ0v) is 17.7. The minimum atomic E-state index is -0.780. The van der Waals surface area contributed by atoms with Crippen molar-refractivity contribution in [1.29, 1.82) is 0 Å². The molecule has 2 aromatic rings. The molecule has 9 heteroatoms. The molecule has 2 N–H and O–H groups in total. The molecule has 1 fully saturated rings. The molecule has 1 unspecified atom stereocenters. The van der Waals surface area contributed by atoms with Gasteiger partial charge in [-0.05, 0) is 42.7 Å². The van der Waals surface area contributed by atoms with Crippen LogP contribution in [0.25, 0.3) is 0 Å². The summed E-state index contributed by atoms with van der Waals surface area (Å²) in [4.78, 5) is 64.9. The second-order valence-electron chi connectivity index (χ2n) is 7.90. The molecule has 32 heavy (non-hydrogen) atoms. The molecule has 0 aromatic heterocycles. The Balaban J connectivity index is 1.55. The first-order valence-electron chi connectivity index (χ1n) is 10.2. The first-order valence-corrected chi connectivity index (χ1v) is 10.2. The van der Waals surface area contributed by atoms with E-state index in [4.69, 9.17) is 0 Å². The number of nitrogens with zero attached hydrogens (tertiary/aromatic N) is 2. The fraction of sp³-hybridized carbons (Fsp3) is 0.261. The number of hydrogen-bond donors (Lipinski definition) is 2. The third kappa shape index (κ3) is 3.84. The third-order valence-electron chi connectivity index (χ3n) is 5.66. The molecule has 4 rings (SSSR count). The first-order chi connectivity index (χ1) is 15.3. The van der Waals surface area contributed by atoms with E-state index in [1.54, 1.807) is 30.3 Å². The van der Waals surface area contributed by atoms with E-state index >= 15 is 0 Å². The molecule has 2 heterocycles. The van der Waals surface area contributed by atoms with Gasteiger partial charge >= 0.3 is 6.03 Å². The number of aryl methyl sites for hydroxylation is 1. The molecule has 1 atom stereocenters. The Hall–Kier alpha value is -4.01. The number of carbonyl (C=O) groups excluding carboxylic acids is 5. The number of benzene rings is 2. The van der Waals surface area contributed by atoms with E-state index < -0.39 is 29.8 Å². The average Bonchev–Trinajstić information content (AvgIpc) is 3.09. The Labute approximate surface area is 184 Å². The van der Waals surface area contributed by atoms with E-state index in [1.807, 2.05) is 13.0 Å². The summed E-state index contributed by atoms with van der Waals surface area (Å²) in [5.74, 6) is -1.99. The summed E-state index contributed by atoms with van der Waals surface area (Å²) in [5, 5.41) is 4.92. The van der Waals surface area contributed by atoms with Gasteiger partial charge in [0.05, 0.1) is 11.1 Å². The molecule has 0 saturated carbocycles. The van der Waals surface area contributed by atoms with Crippen LogP contribution < -0.4 is 10.6 Å². The van der Waals surface area contributed by atoms with Crippen LogP contribution in [0.5, 0.6) is 0 Å². The molecule has 2 aromatic carbocycles. The van der Waals surface area contributed by atoms with Crippen LogP contribution in [0.1, 0.15) is 44.7 Å². The maximum Gasteiger partial charge on any atom is 0.328 e. The van der Waals surface area contributed by atoms with Gasteiger partial charge in [0.2, 0.25) is 11.8 Å². The highest BCUT2D eigenvalue weighted by Crippen LogP contribution is 2.30. The Morgan fingerprint density at radius 1 is 1.12 bits per heavy atom. The summed E-state index contributed by atoms with van der Waals surface area (Å²) >= 11 is 0. The highest BCUT2D eigenvalue weighted by atomic mass is 16.2. The second kappa shape index (κ2) is 8.26. The Kier molecular flexibility index (Phi) is 5.48. The van der Waals surface area contributed by atoms with Crippen LogP contribution in [0.3, 0.4) is 0 Å². The van der Waals surface area contributed by atoms with Crippen LogP contribution in [-0.2, 0) is 16.1 Å². The van der Waals surface area contributed by atoms with Crippen molar-refractivity contribution in [1.82, 2.24) is 15.1 Å². The number of carbonyl (C=O) groups is 5. The lowest BCUT2D eigenvalue weighted by molar-refractivity contribution is -0.136. The van der Waals surface area contributed by atoms with E-state index in [1.165, 1.54) is 18.0 Å². The molecule has 2 aliphatic rings. The molecular formula is C23H22N4O5. The lowest BCUT2D eigenvalue weighted by Gasteiger charge is -2.29. The molecule has 1 saturated heterocycles. The van der Waals surface area contributed by atoms with Crippen LogP contribution in [0.15, 0.2) is 42.5 Å². The zero-order valence-electron chi connectivity index (χ0n) is 17.7. The predicted molar refractivity (Wildman–Crippen MR) is 115 cm³/mol. The molecule has 0 radical (unpaired) electrons. The largest absolute Gasteiger partial charge is 0.328 e. The SMILES string of the molecule is Cc1cccc(NC(=O)N(C)C(=O)c2cccc3c2C(=O)N(C2CCC(=O)NC2=O)C3)c1. The van der Waals surface area contributed by atoms with Gasteiger partial charge < -0.3 is 10.2 Å². The first kappa shape index (κ1) is 21.2. The monoisotopic (exact) mass is 434 g/mol. The summed E-state index contributed by atoms with van der Waals surface area (Å²) in [7, 11) is 1.34. The highest BCUT2D eigenvalue weighted by Gasteiger charge is 2.41. The molecular weight excluding hydrogens is 412 g/mol. The molecule has 6 amide bonds. The molecule has 0 aliphatic carbocycles. The smallest absolute Gasteiger partial charge is 0.322 e. The van der Waals surface area contributed by atoms with E-state index in [2.05, 4.69) is 10.6 Å². The minimum absolute atomic E-state index is 0.0872. The van der Waals surface area contributed by atoms with Crippen LogP contribution in [0.2, 0.25) is 0 Å². The predicted octanol–water partition coefficient (Wildman–Crippen LogP) is 2.06. The normalized spacial score (nSPS) is 17.6. The van der Waals surface area contributed by atoms with Crippen molar-refractivity contribution < 1.29 is 24.0 Å². The maximum absolute atomic E-state index is 13.2. The summed E-state index contributed by atoms with van der Waals surface area (Å²) in [5.41, 5.74) is 2.37. The lowest BCUT2D eigenvalue weighted by atomic mass is 10.0. The number of rotatable bonds is 3. The standard InChI is InChI=1S/C23H22N4O5/c1-13-5-3-7-15(11-13)24-23(32)26(2)21(30)16-8-4-6-14-12-27(22(31)19(14)16)17-9-10-18(28)25-20(17)29/h3-8,11,17H,9-10,12H2,1-2H3,(H,24,32)(H,25,28,29). The average molecular weight is 434 g/mol. The number of anilines is 1. The van der Waals surface area contributed by atoms with Crippen LogP contribution in [0, 0.1) is 6.92 Å². The maximum atomic E-state index is 13.2. The fourth-order valence-electron chi connectivity index (χ4n) is 4.00. The topological polar surface area (TPSA) is 116 Å². The van der Waals surface area contributed by atoms with Gasteiger partial charge in [-0.25, -0.2) is 4.79 Å². The minimum Gasteiger partial charge on any atom is -0.322 e. The van der Waals surface area contributed by atoms with Crippen molar-refractivity contribution in [3.8, 4) is 0 Å². The fourth-order valence-corrected chi connectivity index (χ4v) is 4.00. The van der Waals surface area contributed by atoms with Gasteiger partial charge in [-0.15, -0.1) is 0 Å². The third-order valence-corrected chi connectivity index (χ3v) is 5.66. The van der Waals surface area contributed by atoms with E-state index in [9.17, 15) is 24.0 Å². The number of nitrogens with one attached hydrogen (secondary N) is 2. The van der Waals surface area contributed by atoms with Gasteiger partial charge in [-0.3, -0.25) is 29.4 Å². The lowest BCUT2D eigenvalue weighted by Crippen LogP contribution is -2.52. The summed E-state index contributed by atoms with van der Waals surface area (Å²) in [6.07, 6.45) is 0.372. The van der Waals surface area contributed by atoms with E-state index in [0.29, 0.717) is 11.3 Å². The van der Waals surface area contributed by atoms with Gasteiger partial charge in [-0.1, -0.05) is 24.3 Å². The van der Waals surface area contributed by atoms with Gasteiger partial charge in [0.25, 0.3) is 11.8 Å². The number of imide groups is 2. The number of fused-ring (bicyclic) bond motifs is 1. The Bertz CT molecular complexity index is 1160. The van der Waals surface area contributed by atoms with Crippen molar-refractivity contribution in [3.63, 3.8) is 0 Å². The number of amides is 6. The van der Waals surface area contributed by atoms with Crippen LogP contribution in [-0.4, -0.2) is 52.5 Å². The Morgan fingerprint density at radius 3 is 2.59 bits per heavy atom. The molecule has 9 nitrogen and oxygen atoms in total. The summed E-state index contributed by atoms with van der Waals surface area (Å²) in [6.45, 7) is 2.04. The molecule has 164 valence electrons. The molecule has 0 spiro atoms. The summed E-state index contributed by atoms with van der Waals surface area (Å²) < 4.78 is 0.